The largest absolute Gasteiger partial charge is 0.481 e. The first kappa shape index (κ1) is 17.5. The third kappa shape index (κ3) is 4.83. The molecule has 1 aliphatic rings. The summed E-state index contributed by atoms with van der Waals surface area (Å²) < 4.78 is 0. The summed E-state index contributed by atoms with van der Waals surface area (Å²) in [6, 6.07) is 7.48. The van der Waals surface area contributed by atoms with Gasteiger partial charge >= 0.3 is 5.97 Å². The standard InChI is InChI=1S/C15H18ClNO3S2/c16-12-3-1-11(2-4-12)15(6-7-15)14(20)17-8-10-22-21-9-5-13(18)19/h1-4H,5-10H2,(H,17,20)(H,18,19). The highest BCUT2D eigenvalue weighted by molar-refractivity contribution is 8.76. The summed E-state index contributed by atoms with van der Waals surface area (Å²) in [6.07, 6.45) is 1.92. The molecule has 1 saturated carbocycles. The molecule has 0 aromatic heterocycles. The van der Waals surface area contributed by atoms with Crippen molar-refractivity contribution in [1.82, 2.24) is 5.32 Å². The monoisotopic (exact) mass is 359 g/mol. The number of rotatable bonds is 9. The number of benzene rings is 1. The van der Waals surface area contributed by atoms with E-state index >= 15 is 0 Å². The molecule has 1 amide bonds. The molecule has 22 heavy (non-hydrogen) atoms. The third-order valence-electron chi connectivity index (χ3n) is 3.53. The van der Waals surface area contributed by atoms with E-state index in [1.807, 2.05) is 24.3 Å². The number of carbonyl (C=O) groups excluding carboxylic acids is 1. The van der Waals surface area contributed by atoms with Gasteiger partial charge < -0.3 is 10.4 Å². The molecule has 7 heteroatoms. The Balaban J connectivity index is 1.69. The Morgan fingerprint density at radius 3 is 2.41 bits per heavy atom. The minimum atomic E-state index is -0.778. The second-order valence-corrected chi connectivity index (χ2v) is 8.27. The molecule has 0 bridgehead atoms. The van der Waals surface area contributed by atoms with Crippen molar-refractivity contribution in [2.24, 2.45) is 0 Å². The minimum absolute atomic E-state index is 0.0750. The number of nitrogens with one attached hydrogen (secondary N) is 1. The molecular weight excluding hydrogens is 342 g/mol. The Labute approximate surface area is 142 Å². The fourth-order valence-corrected chi connectivity index (χ4v) is 4.18. The maximum absolute atomic E-state index is 12.4. The van der Waals surface area contributed by atoms with E-state index in [-0.39, 0.29) is 17.7 Å². The van der Waals surface area contributed by atoms with E-state index in [0.29, 0.717) is 17.3 Å². The molecule has 120 valence electrons. The second kappa shape index (κ2) is 8.13. The number of carbonyl (C=O) groups is 2. The van der Waals surface area contributed by atoms with Gasteiger partial charge in [-0.2, -0.15) is 0 Å². The SMILES string of the molecule is O=C(O)CCSSCCNC(=O)C1(c2ccc(Cl)cc2)CC1. The molecular formula is C15H18ClNO3S2. The third-order valence-corrected chi connectivity index (χ3v) is 6.20. The van der Waals surface area contributed by atoms with Crippen LogP contribution in [0.15, 0.2) is 24.3 Å². The van der Waals surface area contributed by atoms with Crippen LogP contribution in [0.3, 0.4) is 0 Å². The van der Waals surface area contributed by atoms with Crippen molar-refractivity contribution in [3.05, 3.63) is 34.9 Å². The van der Waals surface area contributed by atoms with Crippen molar-refractivity contribution in [3.8, 4) is 0 Å². The molecule has 1 aliphatic carbocycles. The van der Waals surface area contributed by atoms with Crippen LogP contribution in [0.5, 0.6) is 0 Å². The van der Waals surface area contributed by atoms with Crippen LogP contribution in [0.4, 0.5) is 0 Å². The topological polar surface area (TPSA) is 66.4 Å². The maximum atomic E-state index is 12.4. The predicted octanol–water partition coefficient (Wildman–Crippen LogP) is 3.34. The van der Waals surface area contributed by atoms with Crippen LogP contribution in [-0.2, 0) is 15.0 Å². The van der Waals surface area contributed by atoms with Gasteiger partial charge in [-0.3, -0.25) is 9.59 Å². The highest BCUT2D eigenvalue weighted by Gasteiger charge is 2.50. The Morgan fingerprint density at radius 1 is 1.18 bits per heavy atom. The summed E-state index contributed by atoms with van der Waals surface area (Å²) in [5.41, 5.74) is 0.656. The van der Waals surface area contributed by atoms with E-state index in [1.54, 1.807) is 10.8 Å². The zero-order valence-corrected chi connectivity index (χ0v) is 14.4. The number of aliphatic carboxylic acids is 1. The van der Waals surface area contributed by atoms with Gasteiger partial charge in [0.15, 0.2) is 0 Å². The number of carboxylic acid groups (broad SMARTS) is 1. The molecule has 0 atom stereocenters. The lowest BCUT2D eigenvalue weighted by Crippen LogP contribution is -2.35. The van der Waals surface area contributed by atoms with Crippen LogP contribution in [0, 0.1) is 0 Å². The number of amides is 1. The van der Waals surface area contributed by atoms with E-state index in [9.17, 15) is 9.59 Å². The van der Waals surface area contributed by atoms with Gasteiger partial charge in [-0.15, -0.1) is 0 Å². The Morgan fingerprint density at radius 2 is 1.82 bits per heavy atom. The van der Waals surface area contributed by atoms with Gasteiger partial charge in [0.05, 0.1) is 11.8 Å². The lowest BCUT2D eigenvalue weighted by Gasteiger charge is -2.15. The Hall–Kier alpha value is -0.850. The molecule has 0 heterocycles. The van der Waals surface area contributed by atoms with Crippen LogP contribution in [-0.4, -0.2) is 35.0 Å². The zero-order chi connectivity index (χ0) is 16.0. The summed E-state index contributed by atoms with van der Waals surface area (Å²) in [4.78, 5) is 22.7. The van der Waals surface area contributed by atoms with Crippen molar-refractivity contribution in [2.75, 3.05) is 18.1 Å². The van der Waals surface area contributed by atoms with E-state index < -0.39 is 5.97 Å². The quantitative estimate of drug-likeness (QED) is 0.523. The first-order chi connectivity index (χ1) is 10.5. The predicted molar refractivity (Wildman–Crippen MR) is 92.5 cm³/mol. The smallest absolute Gasteiger partial charge is 0.304 e. The first-order valence-corrected chi connectivity index (χ1v) is 9.92. The average Bonchev–Trinajstić information content (AvgIpc) is 3.28. The molecule has 4 nitrogen and oxygen atoms in total. The molecule has 2 rings (SSSR count). The van der Waals surface area contributed by atoms with Gasteiger partial charge in [0.1, 0.15) is 0 Å². The van der Waals surface area contributed by atoms with Gasteiger partial charge in [-0.05, 0) is 30.5 Å². The summed E-state index contributed by atoms with van der Waals surface area (Å²) in [6.45, 7) is 0.596. The van der Waals surface area contributed by atoms with E-state index in [0.717, 1.165) is 24.2 Å². The Kier molecular flexibility index (Phi) is 6.47. The van der Waals surface area contributed by atoms with Crippen LogP contribution < -0.4 is 5.32 Å². The maximum Gasteiger partial charge on any atom is 0.304 e. The zero-order valence-electron chi connectivity index (χ0n) is 12.0. The minimum Gasteiger partial charge on any atom is -0.481 e. The van der Waals surface area contributed by atoms with Crippen molar-refractivity contribution in [1.29, 1.82) is 0 Å². The number of halogens is 1. The molecule has 2 N–H and O–H groups in total. The lowest BCUT2D eigenvalue weighted by molar-refractivity contribution is -0.136. The molecule has 0 unspecified atom stereocenters. The van der Waals surface area contributed by atoms with E-state index in [4.69, 9.17) is 16.7 Å². The first-order valence-electron chi connectivity index (χ1n) is 7.05. The van der Waals surface area contributed by atoms with Gasteiger partial charge in [0.25, 0.3) is 0 Å². The summed E-state index contributed by atoms with van der Waals surface area (Å²) in [5, 5.41) is 12.2. The molecule has 1 fully saturated rings. The second-order valence-electron chi connectivity index (χ2n) is 5.13. The van der Waals surface area contributed by atoms with Gasteiger partial charge in [-0.25, -0.2) is 0 Å². The highest BCUT2D eigenvalue weighted by atomic mass is 35.5. The fourth-order valence-electron chi connectivity index (χ4n) is 2.16. The van der Waals surface area contributed by atoms with Crippen LogP contribution >= 0.6 is 33.2 Å². The van der Waals surface area contributed by atoms with Crippen LogP contribution in [0.25, 0.3) is 0 Å². The van der Waals surface area contributed by atoms with Crippen LogP contribution in [0.1, 0.15) is 24.8 Å². The van der Waals surface area contributed by atoms with Crippen molar-refractivity contribution in [2.45, 2.75) is 24.7 Å². The van der Waals surface area contributed by atoms with Crippen molar-refractivity contribution >= 4 is 45.1 Å². The molecule has 0 saturated heterocycles. The number of hydrogen-bond donors (Lipinski definition) is 2. The van der Waals surface area contributed by atoms with E-state index in [1.165, 1.54) is 10.8 Å². The van der Waals surface area contributed by atoms with Crippen molar-refractivity contribution < 1.29 is 14.7 Å². The van der Waals surface area contributed by atoms with E-state index in [2.05, 4.69) is 5.32 Å². The number of carboxylic acids is 1. The summed E-state index contributed by atoms with van der Waals surface area (Å²) in [7, 11) is 3.11. The molecule has 0 spiro atoms. The average molecular weight is 360 g/mol. The molecule has 0 aliphatic heterocycles. The van der Waals surface area contributed by atoms with Gasteiger partial charge in [-0.1, -0.05) is 45.3 Å². The van der Waals surface area contributed by atoms with Gasteiger partial charge in [0.2, 0.25) is 5.91 Å². The Bertz CT molecular complexity index is 532. The van der Waals surface area contributed by atoms with Gasteiger partial charge in [0, 0.05) is 23.1 Å². The molecule has 1 aromatic carbocycles. The fraction of sp³-hybridized carbons (Fsp3) is 0.467. The number of hydrogen-bond acceptors (Lipinski definition) is 4. The normalized spacial score (nSPS) is 15.3. The molecule has 1 aromatic rings. The lowest BCUT2D eigenvalue weighted by atomic mass is 9.95. The summed E-state index contributed by atoms with van der Waals surface area (Å²) >= 11 is 5.88. The highest BCUT2D eigenvalue weighted by Crippen LogP contribution is 2.48. The van der Waals surface area contributed by atoms with Crippen LogP contribution in [0.2, 0.25) is 5.02 Å². The summed E-state index contributed by atoms with van der Waals surface area (Å²) in [5.74, 6) is 0.654. The molecule has 0 radical (unpaired) electrons. The van der Waals surface area contributed by atoms with Crippen molar-refractivity contribution in [3.63, 3.8) is 0 Å².